The molecule has 0 saturated carbocycles. The lowest BCUT2D eigenvalue weighted by molar-refractivity contribution is -0.118. The largest absolute Gasteiger partial charge is 0.444 e. The summed E-state index contributed by atoms with van der Waals surface area (Å²) in [5.41, 5.74) is 1.21. The minimum absolute atomic E-state index is 0.0939. The van der Waals surface area contributed by atoms with Crippen LogP contribution in [0.15, 0.2) is 42.1 Å². The molecule has 5 nitrogen and oxygen atoms in total. The van der Waals surface area contributed by atoms with Crippen LogP contribution in [0.1, 0.15) is 51.5 Å². The number of nitrogens with zero attached hydrogens (tertiary/aromatic N) is 1. The molecule has 2 rings (SSSR count). The lowest BCUT2D eigenvalue weighted by Gasteiger charge is -2.31. The Hall–Kier alpha value is -2.14. The summed E-state index contributed by atoms with van der Waals surface area (Å²) in [4.78, 5) is 26.0. The third-order valence-corrected chi connectivity index (χ3v) is 4.41. The van der Waals surface area contributed by atoms with Crippen LogP contribution in [0.2, 0.25) is 0 Å². The van der Waals surface area contributed by atoms with Crippen LogP contribution in [0.25, 0.3) is 0 Å². The number of aliphatic hydroxyl groups is 1. The normalized spacial score (nSPS) is 18.7. The Bertz CT molecular complexity index is 611. The standard InChI is InChI=1S/C20H27NO4/c1-3-4-6-11-18(22)17-13-21(15(2)12-19(17)23)20(24)25-14-16-9-7-5-8-10-16/h5,7-10,13,15,18,22H,3-4,6,11-12,14H2,1-2H3. The van der Waals surface area contributed by atoms with Gasteiger partial charge in [0.05, 0.1) is 6.10 Å². The summed E-state index contributed by atoms with van der Waals surface area (Å²) >= 11 is 0. The van der Waals surface area contributed by atoms with Gasteiger partial charge in [0.2, 0.25) is 0 Å². The molecule has 5 heteroatoms. The van der Waals surface area contributed by atoms with Gasteiger partial charge in [0.25, 0.3) is 0 Å². The molecule has 1 aliphatic heterocycles. The van der Waals surface area contributed by atoms with Crippen LogP contribution in [0.4, 0.5) is 4.79 Å². The minimum atomic E-state index is -0.823. The Morgan fingerprint density at radius 2 is 2.04 bits per heavy atom. The van der Waals surface area contributed by atoms with Gasteiger partial charge in [0, 0.05) is 24.2 Å². The van der Waals surface area contributed by atoms with Gasteiger partial charge in [-0.25, -0.2) is 4.79 Å². The summed E-state index contributed by atoms with van der Waals surface area (Å²) in [6, 6.07) is 9.16. The molecule has 1 aromatic rings. The zero-order valence-corrected chi connectivity index (χ0v) is 15.0. The van der Waals surface area contributed by atoms with Gasteiger partial charge in [0.15, 0.2) is 5.78 Å². The highest BCUT2D eigenvalue weighted by atomic mass is 16.6. The third-order valence-electron chi connectivity index (χ3n) is 4.41. The number of ketones is 1. The molecule has 1 heterocycles. The second-order valence-electron chi connectivity index (χ2n) is 6.52. The van der Waals surface area contributed by atoms with Gasteiger partial charge in [-0.3, -0.25) is 9.69 Å². The van der Waals surface area contributed by atoms with E-state index in [-0.39, 0.29) is 24.9 Å². The fraction of sp³-hybridized carbons (Fsp3) is 0.500. The van der Waals surface area contributed by atoms with Gasteiger partial charge in [0.1, 0.15) is 6.61 Å². The summed E-state index contributed by atoms with van der Waals surface area (Å²) in [6.07, 6.45) is 3.81. The average Bonchev–Trinajstić information content (AvgIpc) is 2.60. The van der Waals surface area contributed by atoms with E-state index in [1.165, 1.54) is 11.1 Å². The Morgan fingerprint density at radius 3 is 2.72 bits per heavy atom. The molecule has 0 radical (unpaired) electrons. The second-order valence-corrected chi connectivity index (χ2v) is 6.52. The molecule has 0 bridgehead atoms. The van der Waals surface area contributed by atoms with Crippen molar-refractivity contribution in [1.82, 2.24) is 4.90 Å². The van der Waals surface area contributed by atoms with Crippen molar-refractivity contribution in [1.29, 1.82) is 0 Å². The molecule has 0 spiro atoms. The summed E-state index contributed by atoms with van der Waals surface area (Å²) in [6.45, 7) is 4.07. The predicted molar refractivity (Wildman–Crippen MR) is 95.8 cm³/mol. The van der Waals surface area contributed by atoms with Crippen molar-refractivity contribution in [2.24, 2.45) is 0 Å². The molecule has 2 atom stereocenters. The lowest BCUT2D eigenvalue weighted by Crippen LogP contribution is -2.41. The topological polar surface area (TPSA) is 66.8 Å². The van der Waals surface area contributed by atoms with Crippen molar-refractivity contribution in [2.45, 2.75) is 64.7 Å². The molecule has 2 unspecified atom stereocenters. The fourth-order valence-corrected chi connectivity index (χ4v) is 2.88. The lowest BCUT2D eigenvalue weighted by atomic mass is 9.93. The van der Waals surface area contributed by atoms with E-state index in [9.17, 15) is 14.7 Å². The van der Waals surface area contributed by atoms with Crippen molar-refractivity contribution in [2.75, 3.05) is 0 Å². The molecule has 1 aliphatic rings. The van der Waals surface area contributed by atoms with Gasteiger partial charge >= 0.3 is 6.09 Å². The van der Waals surface area contributed by atoms with E-state index in [1.807, 2.05) is 30.3 Å². The first-order valence-corrected chi connectivity index (χ1v) is 8.95. The Labute approximate surface area is 149 Å². The maximum atomic E-state index is 12.4. The van der Waals surface area contributed by atoms with E-state index < -0.39 is 12.2 Å². The molecule has 136 valence electrons. The second kappa shape index (κ2) is 9.37. The number of carbonyl (C=O) groups excluding carboxylic acids is 2. The smallest absolute Gasteiger partial charge is 0.414 e. The summed E-state index contributed by atoms with van der Waals surface area (Å²) in [5, 5.41) is 10.3. The number of Topliss-reactive ketones (excluding diaryl/α,β-unsaturated/α-hetero) is 1. The molecule has 0 fully saturated rings. The molecular formula is C20H27NO4. The van der Waals surface area contributed by atoms with Crippen molar-refractivity contribution in [3.63, 3.8) is 0 Å². The van der Waals surface area contributed by atoms with E-state index >= 15 is 0 Å². The number of carbonyl (C=O) groups is 2. The van der Waals surface area contributed by atoms with Crippen molar-refractivity contribution in [3.05, 3.63) is 47.7 Å². The van der Waals surface area contributed by atoms with E-state index in [0.29, 0.717) is 12.0 Å². The first kappa shape index (κ1) is 19.2. The summed E-state index contributed by atoms with van der Waals surface area (Å²) in [7, 11) is 0. The Balaban J connectivity index is 2.01. The molecule has 0 aliphatic carbocycles. The van der Waals surface area contributed by atoms with Crippen LogP contribution in [0, 0.1) is 0 Å². The first-order valence-electron chi connectivity index (χ1n) is 8.95. The van der Waals surface area contributed by atoms with Crippen molar-refractivity contribution in [3.8, 4) is 0 Å². The highest BCUT2D eigenvalue weighted by Gasteiger charge is 2.32. The van der Waals surface area contributed by atoms with Crippen LogP contribution in [-0.2, 0) is 16.1 Å². The quantitative estimate of drug-likeness (QED) is 0.763. The highest BCUT2D eigenvalue weighted by molar-refractivity contribution is 5.98. The number of aliphatic hydroxyl groups excluding tert-OH is 1. The Morgan fingerprint density at radius 1 is 1.32 bits per heavy atom. The minimum Gasteiger partial charge on any atom is -0.444 e. The molecule has 1 aromatic carbocycles. The monoisotopic (exact) mass is 345 g/mol. The first-order chi connectivity index (χ1) is 12.0. The Kier molecular flexibility index (Phi) is 7.19. The van der Waals surface area contributed by atoms with Crippen LogP contribution in [0.3, 0.4) is 0 Å². The zero-order chi connectivity index (χ0) is 18.2. The number of unbranched alkanes of at least 4 members (excludes halogenated alkanes) is 2. The van der Waals surface area contributed by atoms with Crippen LogP contribution >= 0.6 is 0 Å². The van der Waals surface area contributed by atoms with Crippen molar-refractivity contribution < 1.29 is 19.4 Å². The molecule has 25 heavy (non-hydrogen) atoms. The van der Waals surface area contributed by atoms with Gasteiger partial charge in [-0.1, -0.05) is 56.5 Å². The average molecular weight is 345 g/mol. The summed E-state index contributed by atoms with van der Waals surface area (Å²) < 4.78 is 5.35. The third kappa shape index (κ3) is 5.43. The van der Waals surface area contributed by atoms with E-state index in [0.717, 1.165) is 24.8 Å². The number of amides is 1. The molecule has 0 saturated heterocycles. The SMILES string of the molecule is CCCCCC(O)C1=CN(C(=O)OCc2ccccc2)C(C)CC1=O. The van der Waals surface area contributed by atoms with Crippen LogP contribution in [-0.4, -0.2) is 34.0 Å². The van der Waals surface area contributed by atoms with Gasteiger partial charge in [-0.2, -0.15) is 0 Å². The van der Waals surface area contributed by atoms with E-state index in [4.69, 9.17) is 4.74 Å². The van der Waals surface area contributed by atoms with Gasteiger partial charge in [-0.15, -0.1) is 0 Å². The molecule has 1 N–H and O–H groups in total. The van der Waals surface area contributed by atoms with Gasteiger partial charge < -0.3 is 9.84 Å². The molecule has 1 amide bonds. The van der Waals surface area contributed by atoms with Crippen molar-refractivity contribution >= 4 is 11.9 Å². The zero-order valence-electron chi connectivity index (χ0n) is 15.0. The van der Waals surface area contributed by atoms with Gasteiger partial charge in [-0.05, 0) is 18.9 Å². The summed E-state index contributed by atoms with van der Waals surface area (Å²) in [5.74, 6) is -0.0939. The number of benzene rings is 1. The number of hydrogen-bond donors (Lipinski definition) is 1. The maximum absolute atomic E-state index is 12.4. The maximum Gasteiger partial charge on any atom is 0.414 e. The highest BCUT2D eigenvalue weighted by Crippen LogP contribution is 2.23. The van der Waals surface area contributed by atoms with E-state index in [1.54, 1.807) is 6.92 Å². The number of ether oxygens (including phenoxy) is 1. The number of rotatable bonds is 7. The fourth-order valence-electron chi connectivity index (χ4n) is 2.88. The van der Waals surface area contributed by atoms with Crippen LogP contribution in [0.5, 0.6) is 0 Å². The molecule has 0 aromatic heterocycles. The van der Waals surface area contributed by atoms with Crippen LogP contribution < -0.4 is 0 Å². The number of hydrogen-bond acceptors (Lipinski definition) is 4. The predicted octanol–water partition coefficient (Wildman–Crippen LogP) is 3.81. The molecular weight excluding hydrogens is 318 g/mol. The van der Waals surface area contributed by atoms with E-state index in [2.05, 4.69) is 6.92 Å².